The van der Waals surface area contributed by atoms with Crippen molar-refractivity contribution >= 4 is 21.4 Å². The van der Waals surface area contributed by atoms with E-state index in [0.29, 0.717) is 29.9 Å². The minimum atomic E-state index is -3.57. The van der Waals surface area contributed by atoms with E-state index in [1.165, 1.54) is 16.7 Å². The lowest BCUT2D eigenvalue weighted by atomic mass is 9.99. The molecule has 1 heterocycles. The largest absolute Gasteiger partial charge is 0.494 e. The van der Waals surface area contributed by atoms with Crippen LogP contribution in [-0.4, -0.2) is 24.6 Å². The number of pyridine rings is 1. The van der Waals surface area contributed by atoms with Crippen molar-refractivity contribution in [1.29, 1.82) is 0 Å². The minimum absolute atomic E-state index is 0.0264. The highest BCUT2D eigenvalue weighted by Crippen LogP contribution is 2.28. The molecule has 0 radical (unpaired) electrons. The molecule has 2 aromatic rings. The lowest BCUT2D eigenvalue weighted by molar-refractivity contribution is 0.338. The first-order valence-electron chi connectivity index (χ1n) is 12.1. The van der Waals surface area contributed by atoms with Crippen LogP contribution in [0.1, 0.15) is 70.4 Å². The van der Waals surface area contributed by atoms with Crippen LogP contribution in [0.25, 0.3) is 0 Å². The molecule has 2 rings (SSSR count). The molecule has 8 nitrogen and oxygen atoms in total. The molecule has 0 aliphatic heterocycles. The highest BCUT2D eigenvalue weighted by Gasteiger charge is 2.19. The Kier molecular flexibility index (Phi) is 10.4. The zero-order valence-electron chi connectivity index (χ0n) is 21.0. The molecule has 1 unspecified atom stereocenters. The molecule has 1 atom stereocenters. The topological polar surface area (TPSA) is 113 Å². The van der Waals surface area contributed by atoms with Gasteiger partial charge in [-0.15, -0.1) is 5.11 Å². The van der Waals surface area contributed by atoms with Gasteiger partial charge in [-0.25, -0.2) is 13.1 Å². The van der Waals surface area contributed by atoms with Crippen molar-refractivity contribution in [2.45, 2.75) is 84.6 Å². The quantitative estimate of drug-likeness (QED) is 0.269. The molecule has 188 valence electrons. The second-order valence-corrected chi connectivity index (χ2v) is 10.5. The van der Waals surface area contributed by atoms with E-state index in [2.05, 4.69) is 28.8 Å². The molecule has 2 N–H and O–H groups in total. The van der Waals surface area contributed by atoms with Crippen molar-refractivity contribution in [3.63, 3.8) is 0 Å². The summed E-state index contributed by atoms with van der Waals surface area (Å²) in [7, 11) is -3.57. The Labute approximate surface area is 203 Å². The van der Waals surface area contributed by atoms with E-state index in [1.54, 1.807) is 26.0 Å². The summed E-state index contributed by atoms with van der Waals surface area (Å²) < 4.78 is 28.6. The summed E-state index contributed by atoms with van der Waals surface area (Å²) in [4.78, 5) is 13.3. The molecule has 1 aromatic carbocycles. The smallest absolute Gasteiger partial charge is 0.281 e. The first kappa shape index (κ1) is 27.7. The number of nitrogens with zero attached hydrogens (tertiary/aromatic N) is 3. The lowest BCUT2D eigenvalue weighted by Crippen LogP contribution is -2.25. The molecular formula is C25H38N4O4S. The van der Waals surface area contributed by atoms with Gasteiger partial charge in [-0.2, -0.15) is 5.11 Å². The summed E-state index contributed by atoms with van der Waals surface area (Å²) in [6, 6.07) is 6.04. The predicted octanol–water partition coefficient (Wildman–Crippen LogP) is 5.88. The van der Waals surface area contributed by atoms with E-state index in [4.69, 9.17) is 0 Å². The van der Waals surface area contributed by atoms with Gasteiger partial charge < -0.3 is 5.11 Å². The van der Waals surface area contributed by atoms with Gasteiger partial charge >= 0.3 is 0 Å². The Bertz CT molecular complexity index is 1140. The van der Waals surface area contributed by atoms with E-state index >= 15 is 0 Å². The van der Waals surface area contributed by atoms with E-state index in [1.807, 2.05) is 6.92 Å². The third-order valence-electron chi connectivity index (χ3n) is 6.18. The number of sulfonamides is 1. The fourth-order valence-electron chi connectivity index (χ4n) is 3.66. The Morgan fingerprint density at radius 3 is 2.24 bits per heavy atom. The lowest BCUT2D eigenvalue weighted by Gasteiger charge is -2.19. The Morgan fingerprint density at radius 2 is 1.65 bits per heavy atom. The molecule has 0 spiro atoms. The maximum atomic E-state index is 13.2. The zero-order valence-corrected chi connectivity index (χ0v) is 21.8. The van der Waals surface area contributed by atoms with E-state index in [9.17, 15) is 18.3 Å². The number of aromatic nitrogens is 1. The zero-order chi connectivity index (χ0) is 25.3. The van der Waals surface area contributed by atoms with E-state index < -0.39 is 10.0 Å². The first-order chi connectivity index (χ1) is 16.2. The van der Waals surface area contributed by atoms with Crippen LogP contribution in [0.5, 0.6) is 5.88 Å². The normalized spacial score (nSPS) is 13.0. The predicted molar refractivity (Wildman–Crippen MR) is 136 cm³/mol. The molecule has 0 saturated carbocycles. The average molecular weight is 491 g/mol. The van der Waals surface area contributed by atoms with Crippen molar-refractivity contribution < 1.29 is 13.5 Å². The molecule has 0 aliphatic carbocycles. The van der Waals surface area contributed by atoms with Crippen LogP contribution < -0.4 is 10.3 Å². The average Bonchev–Trinajstić information content (AvgIpc) is 2.82. The third kappa shape index (κ3) is 6.99. The Hall–Kier alpha value is -2.52. The van der Waals surface area contributed by atoms with Crippen LogP contribution >= 0.6 is 0 Å². The Morgan fingerprint density at radius 1 is 1.00 bits per heavy atom. The monoisotopic (exact) mass is 490 g/mol. The SMILES string of the molecule is CCCCNS(=O)(=O)c1ccc(N=Nc2c(C)c(C)c(O)n(CC(CC)CCCC)c2=O)cc1. The number of nitrogens with one attached hydrogen (secondary N) is 1. The fraction of sp³-hybridized carbons (Fsp3) is 0.560. The van der Waals surface area contributed by atoms with Crippen molar-refractivity contribution in [1.82, 2.24) is 9.29 Å². The number of rotatable bonds is 13. The summed E-state index contributed by atoms with van der Waals surface area (Å²) >= 11 is 0. The van der Waals surface area contributed by atoms with Gasteiger partial charge in [0.1, 0.15) is 0 Å². The van der Waals surface area contributed by atoms with Gasteiger partial charge in [0.25, 0.3) is 5.56 Å². The van der Waals surface area contributed by atoms with Crippen LogP contribution in [0.3, 0.4) is 0 Å². The van der Waals surface area contributed by atoms with Crippen LogP contribution in [0, 0.1) is 19.8 Å². The third-order valence-corrected chi connectivity index (χ3v) is 7.65. The van der Waals surface area contributed by atoms with Gasteiger partial charge in [-0.3, -0.25) is 9.36 Å². The summed E-state index contributed by atoms with van der Waals surface area (Å²) in [5.74, 6) is 0.261. The molecule has 0 amide bonds. The second-order valence-electron chi connectivity index (χ2n) is 8.70. The number of benzene rings is 1. The molecule has 1 aromatic heterocycles. The van der Waals surface area contributed by atoms with Crippen LogP contribution in [-0.2, 0) is 16.6 Å². The fourth-order valence-corrected chi connectivity index (χ4v) is 4.74. The molecule has 9 heteroatoms. The van der Waals surface area contributed by atoms with Gasteiger partial charge in [0.2, 0.25) is 10.0 Å². The van der Waals surface area contributed by atoms with Crippen molar-refractivity contribution in [2.24, 2.45) is 16.1 Å². The number of azo groups is 1. The molecule has 0 bridgehead atoms. The number of unbranched alkanes of at least 4 members (excludes halogenated alkanes) is 2. The van der Waals surface area contributed by atoms with Crippen molar-refractivity contribution in [3.05, 3.63) is 45.7 Å². The van der Waals surface area contributed by atoms with E-state index in [0.717, 1.165) is 38.5 Å². The van der Waals surface area contributed by atoms with Crippen LogP contribution in [0.4, 0.5) is 11.4 Å². The standard InChI is InChI=1S/C25H38N4O4S/c1-6-9-11-20(8-3)17-29-24(30)19(5)18(4)23(25(29)31)28-27-21-12-14-22(15-13-21)34(32,33)26-16-10-7-2/h12-15,20,26,30H,6-11,16-17H2,1-5H3. The summed E-state index contributed by atoms with van der Waals surface area (Å²) in [5.41, 5.74) is 1.40. The summed E-state index contributed by atoms with van der Waals surface area (Å²) in [6.07, 6.45) is 5.73. The highest BCUT2D eigenvalue weighted by molar-refractivity contribution is 7.89. The Balaban J connectivity index is 2.31. The number of hydrogen-bond acceptors (Lipinski definition) is 6. The first-order valence-corrected chi connectivity index (χ1v) is 13.6. The molecule has 34 heavy (non-hydrogen) atoms. The second kappa shape index (κ2) is 12.8. The van der Waals surface area contributed by atoms with E-state index in [-0.39, 0.29) is 27.9 Å². The number of aromatic hydroxyl groups is 1. The van der Waals surface area contributed by atoms with Gasteiger partial charge in [0.15, 0.2) is 11.6 Å². The van der Waals surface area contributed by atoms with Crippen molar-refractivity contribution in [2.75, 3.05) is 6.54 Å². The molecule has 0 saturated heterocycles. The van der Waals surface area contributed by atoms with Gasteiger partial charge in [-0.1, -0.05) is 46.5 Å². The van der Waals surface area contributed by atoms with Crippen molar-refractivity contribution in [3.8, 4) is 5.88 Å². The van der Waals surface area contributed by atoms with Crippen LogP contribution in [0.15, 0.2) is 44.2 Å². The van der Waals surface area contributed by atoms with Crippen LogP contribution in [0.2, 0.25) is 0 Å². The molecule has 0 fully saturated rings. The minimum Gasteiger partial charge on any atom is -0.494 e. The maximum Gasteiger partial charge on any atom is 0.281 e. The maximum absolute atomic E-state index is 13.2. The van der Waals surface area contributed by atoms with Gasteiger partial charge in [0.05, 0.1) is 10.6 Å². The highest BCUT2D eigenvalue weighted by atomic mass is 32.2. The summed E-state index contributed by atoms with van der Waals surface area (Å²) in [5, 5.41) is 19.0. The van der Waals surface area contributed by atoms with Gasteiger partial charge in [0, 0.05) is 18.7 Å². The van der Waals surface area contributed by atoms with Gasteiger partial charge in [-0.05, 0) is 62.4 Å². The summed E-state index contributed by atoms with van der Waals surface area (Å²) in [6.45, 7) is 10.5. The molecule has 0 aliphatic rings. The molecular weight excluding hydrogens is 452 g/mol. The number of hydrogen-bond donors (Lipinski definition) is 2.